The van der Waals surface area contributed by atoms with E-state index in [-0.39, 0.29) is 0 Å². The van der Waals surface area contributed by atoms with Gasteiger partial charge in [0.05, 0.1) is 18.0 Å². The van der Waals surface area contributed by atoms with Gasteiger partial charge in [-0.3, -0.25) is 0 Å². The maximum atomic E-state index is 5.15. The second-order valence-electron chi connectivity index (χ2n) is 4.53. The fourth-order valence-corrected chi connectivity index (χ4v) is 1.95. The Morgan fingerprint density at radius 3 is 3.00 bits per heavy atom. The molecule has 2 aromatic rings. The van der Waals surface area contributed by atoms with Crippen LogP contribution in [0.25, 0.3) is 5.69 Å². The summed E-state index contributed by atoms with van der Waals surface area (Å²) in [6.45, 7) is 4.63. The van der Waals surface area contributed by atoms with Gasteiger partial charge in [-0.1, -0.05) is 19.1 Å². The van der Waals surface area contributed by atoms with E-state index in [0.29, 0.717) is 6.61 Å². The smallest absolute Gasteiger partial charge is 0.0766 e. The molecule has 0 unspecified atom stereocenters. The summed E-state index contributed by atoms with van der Waals surface area (Å²) in [7, 11) is 1.71. The van der Waals surface area contributed by atoms with Gasteiger partial charge in [0.1, 0.15) is 0 Å². The number of benzene rings is 1. The molecule has 1 N–H and O–H groups in total. The normalized spacial score (nSPS) is 10.8. The molecule has 0 radical (unpaired) electrons. The van der Waals surface area contributed by atoms with Crippen LogP contribution in [0.3, 0.4) is 0 Å². The molecule has 0 amide bonds. The highest BCUT2D eigenvalue weighted by Crippen LogP contribution is 2.11. The van der Waals surface area contributed by atoms with Crippen LogP contribution in [-0.2, 0) is 17.9 Å². The lowest BCUT2D eigenvalue weighted by Crippen LogP contribution is -2.14. The first-order chi connectivity index (χ1) is 9.33. The van der Waals surface area contributed by atoms with Crippen molar-refractivity contribution in [2.24, 2.45) is 0 Å². The molecule has 0 fully saturated rings. The summed E-state index contributed by atoms with van der Waals surface area (Å²) in [5, 5.41) is 7.92. The highest BCUT2D eigenvalue weighted by atomic mass is 16.5. The van der Waals surface area contributed by atoms with Crippen molar-refractivity contribution in [1.82, 2.24) is 15.1 Å². The van der Waals surface area contributed by atoms with E-state index in [1.54, 1.807) is 7.11 Å². The number of hydrogen-bond acceptors (Lipinski definition) is 3. The average Bonchev–Trinajstić information content (AvgIpc) is 2.89. The van der Waals surface area contributed by atoms with E-state index in [1.807, 2.05) is 23.0 Å². The predicted molar refractivity (Wildman–Crippen MR) is 76.3 cm³/mol. The first kappa shape index (κ1) is 13.8. The Bertz CT molecular complexity index is 508. The first-order valence-electron chi connectivity index (χ1n) is 6.67. The van der Waals surface area contributed by atoms with Crippen LogP contribution >= 0.6 is 0 Å². The molecule has 0 spiro atoms. The summed E-state index contributed by atoms with van der Waals surface area (Å²) in [5.74, 6) is 0. The van der Waals surface area contributed by atoms with E-state index < -0.39 is 0 Å². The second-order valence-corrected chi connectivity index (χ2v) is 4.53. The lowest BCUT2D eigenvalue weighted by atomic mass is 10.2. The van der Waals surface area contributed by atoms with Gasteiger partial charge in [0.2, 0.25) is 0 Å². The van der Waals surface area contributed by atoms with Crippen molar-refractivity contribution < 1.29 is 4.74 Å². The van der Waals surface area contributed by atoms with E-state index in [1.165, 1.54) is 0 Å². The van der Waals surface area contributed by atoms with Gasteiger partial charge in [-0.2, -0.15) is 5.10 Å². The van der Waals surface area contributed by atoms with Gasteiger partial charge in [-0.05, 0) is 36.7 Å². The van der Waals surface area contributed by atoms with E-state index in [2.05, 4.69) is 35.5 Å². The van der Waals surface area contributed by atoms with Crippen molar-refractivity contribution in [3.8, 4) is 5.69 Å². The van der Waals surface area contributed by atoms with Crippen molar-refractivity contribution in [2.45, 2.75) is 26.5 Å². The Morgan fingerprint density at radius 1 is 1.32 bits per heavy atom. The first-order valence-corrected chi connectivity index (χ1v) is 6.67. The third-order valence-electron chi connectivity index (χ3n) is 2.86. The zero-order valence-electron chi connectivity index (χ0n) is 11.6. The molecule has 2 rings (SSSR count). The van der Waals surface area contributed by atoms with Gasteiger partial charge in [0, 0.05) is 19.9 Å². The van der Waals surface area contributed by atoms with Crippen LogP contribution in [0.15, 0.2) is 36.5 Å². The van der Waals surface area contributed by atoms with Gasteiger partial charge < -0.3 is 10.1 Å². The Kier molecular flexibility index (Phi) is 5.12. The minimum absolute atomic E-state index is 0.625. The maximum Gasteiger partial charge on any atom is 0.0766 e. The van der Waals surface area contributed by atoms with Crippen LogP contribution in [-0.4, -0.2) is 23.4 Å². The van der Waals surface area contributed by atoms with Gasteiger partial charge in [0.15, 0.2) is 0 Å². The summed E-state index contributed by atoms with van der Waals surface area (Å²) in [5.41, 5.74) is 3.28. The number of aromatic nitrogens is 2. The Labute approximate surface area is 114 Å². The minimum Gasteiger partial charge on any atom is -0.380 e. The van der Waals surface area contributed by atoms with Crippen LogP contribution < -0.4 is 5.32 Å². The van der Waals surface area contributed by atoms with Crippen LogP contribution in [0, 0.1) is 0 Å². The topological polar surface area (TPSA) is 39.1 Å². The van der Waals surface area contributed by atoms with Gasteiger partial charge in [-0.15, -0.1) is 0 Å². The molecule has 0 aliphatic carbocycles. The van der Waals surface area contributed by atoms with Crippen molar-refractivity contribution in [3.05, 3.63) is 47.8 Å². The maximum absolute atomic E-state index is 5.15. The molecule has 0 aliphatic rings. The number of methoxy groups -OCH3 is 1. The molecule has 0 saturated carbocycles. The quantitative estimate of drug-likeness (QED) is 0.777. The summed E-state index contributed by atoms with van der Waals surface area (Å²) >= 11 is 0. The van der Waals surface area contributed by atoms with Crippen LogP contribution in [0.2, 0.25) is 0 Å². The van der Waals surface area contributed by atoms with Gasteiger partial charge in [-0.25, -0.2) is 4.68 Å². The number of rotatable bonds is 7. The highest BCUT2D eigenvalue weighted by molar-refractivity contribution is 5.35. The monoisotopic (exact) mass is 259 g/mol. The standard InChI is InChI=1S/C15H21N3O/c1-3-8-16-11-14-7-9-18(17-14)15-6-4-5-13(10-15)12-19-2/h4-7,9-10,16H,3,8,11-12H2,1-2H3. The van der Waals surface area contributed by atoms with E-state index in [9.17, 15) is 0 Å². The van der Waals surface area contributed by atoms with E-state index >= 15 is 0 Å². The fourth-order valence-electron chi connectivity index (χ4n) is 1.95. The highest BCUT2D eigenvalue weighted by Gasteiger charge is 2.02. The van der Waals surface area contributed by atoms with E-state index in [4.69, 9.17) is 4.74 Å². The van der Waals surface area contributed by atoms with Crippen molar-refractivity contribution in [1.29, 1.82) is 0 Å². The largest absolute Gasteiger partial charge is 0.380 e. The number of hydrogen-bond donors (Lipinski definition) is 1. The third kappa shape index (κ3) is 3.91. The molecule has 0 saturated heterocycles. The number of ether oxygens (including phenoxy) is 1. The Morgan fingerprint density at radius 2 is 2.21 bits per heavy atom. The van der Waals surface area contributed by atoms with E-state index in [0.717, 1.165) is 36.5 Å². The molecular formula is C15H21N3O. The Hall–Kier alpha value is -1.65. The minimum atomic E-state index is 0.625. The molecule has 0 atom stereocenters. The molecule has 102 valence electrons. The van der Waals surface area contributed by atoms with Crippen LogP contribution in [0.4, 0.5) is 0 Å². The fraction of sp³-hybridized carbons (Fsp3) is 0.400. The van der Waals surface area contributed by atoms with Gasteiger partial charge >= 0.3 is 0 Å². The van der Waals surface area contributed by atoms with Crippen molar-refractivity contribution in [3.63, 3.8) is 0 Å². The molecule has 4 heteroatoms. The predicted octanol–water partition coefficient (Wildman–Crippen LogP) is 2.52. The molecule has 4 nitrogen and oxygen atoms in total. The SMILES string of the molecule is CCCNCc1ccn(-c2cccc(COC)c2)n1. The second kappa shape index (κ2) is 7.07. The summed E-state index contributed by atoms with van der Waals surface area (Å²) in [6, 6.07) is 10.3. The molecule has 1 aromatic carbocycles. The van der Waals surface area contributed by atoms with Gasteiger partial charge in [0.25, 0.3) is 0 Å². The lowest BCUT2D eigenvalue weighted by Gasteiger charge is -2.05. The molecule has 0 aliphatic heterocycles. The summed E-state index contributed by atoms with van der Waals surface area (Å²) in [4.78, 5) is 0. The molecule has 0 bridgehead atoms. The molecular weight excluding hydrogens is 238 g/mol. The molecule has 1 aromatic heterocycles. The zero-order valence-corrected chi connectivity index (χ0v) is 11.6. The van der Waals surface area contributed by atoms with Crippen molar-refractivity contribution in [2.75, 3.05) is 13.7 Å². The molecule has 1 heterocycles. The summed E-state index contributed by atoms with van der Waals surface area (Å²) < 4.78 is 7.05. The van der Waals surface area contributed by atoms with Crippen molar-refractivity contribution >= 4 is 0 Å². The van der Waals surface area contributed by atoms with Crippen LogP contribution in [0.5, 0.6) is 0 Å². The molecule has 19 heavy (non-hydrogen) atoms. The number of nitrogens with zero attached hydrogens (tertiary/aromatic N) is 2. The Balaban J connectivity index is 2.07. The lowest BCUT2D eigenvalue weighted by molar-refractivity contribution is 0.185. The zero-order chi connectivity index (χ0) is 13.5. The third-order valence-corrected chi connectivity index (χ3v) is 2.86. The van der Waals surface area contributed by atoms with Crippen LogP contribution in [0.1, 0.15) is 24.6 Å². The number of nitrogens with one attached hydrogen (secondary N) is 1. The summed E-state index contributed by atoms with van der Waals surface area (Å²) in [6.07, 6.45) is 3.13. The average molecular weight is 259 g/mol.